The lowest BCUT2D eigenvalue weighted by Gasteiger charge is -2.07. The summed E-state index contributed by atoms with van der Waals surface area (Å²) in [4.78, 5) is 8.23. The van der Waals surface area contributed by atoms with Crippen LogP contribution in [-0.4, -0.2) is 23.6 Å². The average molecular weight is 259 g/mol. The maximum absolute atomic E-state index is 5.57. The molecule has 100 valence electrons. The van der Waals surface area contributed by atoms with Crippen LogP contribution in [0.15, 0.2) is 36.5 Å². The number of nitrogens with one attached hydrogen (secondary N) is 1. The lowest BCUT2D eigenvalue weighted by molar-refractivity contribution is 0.298. The molecule has 1 aromatic carbocycles. The topological polar surface area (TPSA) is 56.3 Å². The van der Waals surface area contributed by atoms with Crippen molar-refractivity contribution in [1.82, 2.24) is 9.97 Å². The second-order valence-electron chi connectivity index (χ2n) is 3.90. The van der Waals surface area contributed by atoms with Crippen molar-refractivity contribution in [2.75, 3.05) is 19.0 Å². The highest BCUT2D eigenvalue weighted by atomic mass is 16.5. The Balaban J connectivity index is 2.05. The van der Waals surface area contributed by atoms with E-state index in [-0.39, 0.29) is 6.01 Å². The lowest BCUT2D eigenvalue weighted by atomic mass is 10.3. The third-order valence-electron chi connectivity index (χ3n) is 2.41. The Morgan fingerprint density at radius 2 is 1.95 bits per heavy atom. The van der Waals surface area contributed by atoms with Crippen molar-refractivity contribution in [2.24, 2.45) is 0 Å². The van der Waals surface area contributed by atoms with Gasteiger partial charge in [0.05, 0.1) is 6.61 Å². The molecule has 0 saturated heterocycles. The minimum absolute atomic E-state index is 0.283. The van der Waals surface area contributed by atoms with Gasteiger partial charge >= 0.3 is 6.01 Å². The summed E-state index contributed by atoms with van der Waals surface area (Å²) in [6.07, 6.45) is 2.56. The van der Waals surface area contributed by atoms with Crippen LogP contribution in [0, 0.1) is 0 Å². The Labute approximate surface area is 112 Å². The van der Waals surface area contributed by atoms with Crippen LogP contribution in [0.25, 0.3) is 0 Å². The molecule has 0 aliphatic heterocycles. The minimum Gasteiger partial charge on any atom is -0.478 e. The summed E-state index contributed by atoms with van der Waals surface area (Å²) in [6.45, 7) is 2.68. The molecular formula is C14H17N3O2. The van der Waals surface area contributed by atoms with E-state index in [1.54, 1.807) is 12.3 Å². The van der Waals surface area contributed by atoms with Gasteiger partial charge in [-0.25, -0.2) is 4.98 Å². The van der Waals surface area contributed by atoms with Crippen LogP contribution in [-0.2, 0) is 0 Å². The molecule has 1 aromatic heterocycles. The van der Waals surface area contributed by atoms with Crippen LogP contribution in [0.1, 0.15) is 13.3 Å². The van der Waals surface area contributed by atoms with Crippen LogP contribution in [0.4, 0.5) is 5.69 Å². The predicted molar refractivity (Wildman–Crippen MR) is 73.9 cm³/mol. The molecule has 0 radical (unpaired) electrons. The number of anilines is 1. The molecule has 5 nitrogen and oxygen atoms in total. The van der Waals surface area contributed by atoms with E-state index in [1.165, 1.54) is 0 Å². The zero-order valence-electron chi connectivity index (χ0n) is 11.1. The zero-order valence-corrected chi connectivity index (χ0v) is 11.1. The molecule has 1 N–H and O–H groups in total. The van der Waals surface area contributed by atoms with E-state index < -0.39 is 0 Å². The van der Waals surface area contributed by atoms with Crippen LogP contribution < -0.4 is 14.8 Å². The summed E-state index contributed by atoms with van der Waals surface area (Å²) in [7, 11) is 1.87. The third kappa shape index (κ3) is 3.84. The fourth-order valence-electron chi connectivity index (χ4n) is 1.46. The molecule has 0 saturated carbocycles. The maximum Gasteiger partial charge on any atom is 0.325 e. The Morgan fingerprint density at radius 3 is 2.63 bits per heavy atom. The van der Waals surface area contributed by atoms with Crippen molar-refractivity contribution in [3.05, 3.63) is 36.5 Å². The molecule has 0 aliphatic carbocycles. The molecule has 0 spiro atoms. The van der Waals surface area contributed by atoms with E-state index in [2.05, 4.69) is 15.3 Å². The highest BCUT2D eigenvalue weighted by molar-refractivity contribution is 5.46. The van der Waals surface area contributed by atoms with Gasteiger partial charge in [0.2, 0.25) is 5.88 Å². The fourth-order valence-corrected chi connectivity index (χ4v) is 1.46. The normalized spacial score (nSPS) is 10.0. The second-order valence-corrected chi connectivity index (χ2v) is 3.90. The Morgan fingerprint density at radius 1 is 1.16 bits per heavy atom. The molecule has 2 rings (SSSR count). The molecule has 19 heavy (non-hydrogen) atoms. The second kappa shape index (κ2) is 6.58. The van der Waals surface area contributed by atoms with Gasteiger partial charge in [0.1, 0.15) is 5.75 Å². The zero-order chi connectivity index (χ0) is 13.5. The quantitative estimate of drug-likeness (QED) is 0.863. The first-order valence-electron chi connectivity index (χ1n) is 6.23. The Kier molecular flexibility index (Phi) is 4.55. The first-order chi connectivity index (χ1) is 9.31. The fraction of sp³-hybridized carbons (Fsp3) is 0.286. The SMILES string of the molecule is CCCOc1ccnc(Oc2ccc(NC)cc2)n1. The standard InChI is InChI=1S/C14H17N3O2/c1-3-10-18-13-8-9-16-14(17-13)19-12-6-4-11(15-2)5-7-12/h4-9,15H,3,10H2,1-2H3. The Bertz CT molecular complexity index is 514. The number of ether oxygens (including phenoxy) is 2. The van der Waals surface area contributed by atoms with Crippen LogP contribution in [0.5, 0.6) is 17.6 Å². The van der Waals surface area contributed by atoms with Crippen LogP contribution in [0.3, 0.4) is 0 Å². The van der Waals surface area contributed by atoms with Gasteiger partial charge < -0.3 is 14.8 Å². The summed E-state index contributed by atoms with van der Waals surface area (Å²) in [5.41, 5.74) is 1.02. The maximum atomic E-state index is 5.57. The van der Waals surface area contributed by atoms with Gasteiger partial charge in [0, 0.05) is 25.0 Å². The van der Waals surface area contributed by atoms with Crippen molar-refractivity contribution in [3.63, 3.8) is 0 Å². The van der Waals surface area contributed by atoms with Crippen molar-refractivity contribution in [2.45, 2.75) is 13.3 Å². The first kappa shape index (κ1) is 13.1. The molecular weight excluding hydrogens is 242 g/mol. The predicted octanol–water partition coefficient (Wildman–Crippen LogP) is 3.10. The van der Waals surface area contributed by atoms with E-state index >= 15 is 0 Å². The van der Waals surface area contributed by atoms with E-state index in [0.29, 0.717) is 18.2 Å². The molecule has 0 amide bonds. The van der Waals surface area contributed by atoms with Gasteiger partial charge in [0.15, 0.2) is 0 Å². The molecule has 2 aromatic rings. The molecule has 0 atom stereocenters. The van der Waals surface area contributed by atoms with Crippen molar-refractivity contribution in [1.29, 1.82) is 0 Å². The first-order valence-corrected chi connectivity index (χ1v) is 6.23. The largest absolute Gasteiger partial charge is 0.478 e. The van der Waals surface area contributed by atoms with Crippen molar-refractivity contribution >= 4 is 5.69 Å². The summed E-state index contributed by atoms with van der Waals surface area (Å²) in [6, 6.07) is 9.56. The molecule has 0 unspecified atom stereocenters. The molecule has 1 heterocycles. The number of aromatic nitrogens is 2. The summed E-state index contributed by atoms with van der Waals surface area (Å²) in [5, 5.41) is 3.04. The molecule has 5 heteroatoms. The molecule has 0 fully saturated rings. The van der Waals surface area contributed by atoms with Gasteiger partial charge in [-0.3, -0.25) is 0 Å². The van der Waals surface area contributed by atoms with Gasteiger partial charge in [-0.15, -0.1) is 0 Å². The van der Waals surface area contributed by atoms with Crippen LogP contribution in [0.2, 0.25) is 0 Å². The average Bonchev–Trinajstić information content (AvgIpc) is 2.46. The van der Waals surface area contributed by atoms with Crippen LogP contribution >= 0.6 is 0 Å². The lowest BCUT2D eigenvalue weighted by Crippen LogP contribution is -1.99. The minimum atomic E-state index is 0.283. The number of hydrogen-bond donors (Lipinski definition) is 1. The van der Waals surface area contributed by atoms with Gasteiger partial charge in [0.25, 0.3) is 0 Å². The number of rotatable bonds is 6. The summed E-state index contributed by atoms with van der Waals surface area (Å²) < 4.78 is 11.0. The van der Waals surface area contributed by atoms with Gasteiger partial charge in [-0.1, -0.05) is 6.92 Å². The van der Waals surface area contributed by atoms with Gasteiger partial charge in [-0.05, 0) is 30.7 Å². The highest BCUT2D eigenvalue weighted by Crippen LogP contribution is 2.21. The monoisotopic (exact) mass is 259 g/mol. The number of hydrogen-bond acceptors (Lipinski definition) is 5. The van der Waals surface area contributed by atoms with E-state index in [0.717, 1.165) is 12.1 Å². The molecule has 0 bridgehead atoms. The van der Waals surface area contributed by atoms with Crippen molar-refractivity contribution < 1.29 is 9.47 Å². The smallest absolute Gasteiger partial charge is 0.325 e. The number of benzene rings is 1. The highest BCUT2D eigenvalue weighted by Gasteiger charge is 2.03. The molecule has 0 aliphatic rings. The Hall–Kier alpha value is -2.30. The number of nitrogens with zero attached hydrogens (tertiary/aromatic N) is 2. The van der Waals surface area contributed by atoms with Gasteiger partial charge in [-0.2, -0.15) is 4.98 Å². The third-order valence-corrected chi connectivity index (χ3v) is 2.41. The summed E-state index contributed by atoms with van der Waals surface area (Å²) >= 11 is 0. The summed E-state index contributed by atoms with van der Waals surface area (Å²) in [5.74, 6) is 1.21. The van der Waals surface area contributed by atoms with E-state index in [9.17, 15) is 0 Å². The van der Waals surface area contributed by atoms with E-state index in [4.69, 9.17) is 9.47 Å². The van der Waals surface area contributed by atoms with E-state index in [1.807, 2.05) is 38.2 Å². The van der Waals surface area contributed by atoms with Crippen molar-refractivity contribution in [3.8, 4) is 17.6 Å².